The first-order chi connectivity index (χ1) is 6.16. The second kappa shape index (κ2) is 4.59. The van der Waals surface area contributed by atoms with Gasteiger partial charge in [-0.2, -0.15) is 0 Å². The van der Waals surface area contributed by atoms with Gasteiger partial charge in [-0.25, -0.2) is 9.78 Å². The smallest absolute Gasteiger partial charge is 0.358 e. The number of nitrogens with one attached hydrogen (secondary N) is 1. The van der Waals surface area contributed by atoms with Gasteiger partial charge in [-0.15, -0.1) is 0 Å². The molecule has 0 aliphatic carbocycles. The van der Waals surface area contributed by atoms with Gasteiger partial charge in [0.2, 0.25) is 0 Å². The molecule has 1 heterocycles. The fourth-order valence-electron chi connectivity index (χ4n) is 0.970. The molecular weight excluding hydrogens is 283 g/mol. The predicted molar refractivity (Wildman–Crippen MR) is 57.0 cm³/mol. The molecule has 0 saturated heterocycles. The van der Waals surface area contributed by atoms with Gasteiger partial charge in [0.05, 0.1) is 22.6 Å². The number of hydrogen-bond acceptors (Lipinski definition) is 3. The first-order valence-corrected chi connectivity index (χ1v) is 5.25. The van der Waals surface area contributed by atoms with Crippen LogP contribution in [-0.4, -0.2) is 22.5 Å². The van der Waals surface area contributed by atoms with Crippen LogP contribution in [0.3, 0.4) is 0 Å². The van der Waals surface area contributed by atoms with Crippen molar-refractivity contribution in [2.75, 3.05) is 6.61 Å². The van der Waals surface area contributed by atoms with Crippen LogP contribution >= 0.6 is 22.6 Å². The van der Waals surface area contributed by atoms with Crippen LogP contribution in [0, 0.1) is 0 Å². The van der Waals surface area contributed by atoms with E-state index in [0.29, 0.717) is 12.3 Å². The summed E-state index contributed by atoms with van der Waals surface area (Å²) in [6, 6.07) is 0. The molecular formula is C8H11IN2O2. The number of aromatic amines is 1. The summed E-state index contributed by atoms with van der Waals surface area (Å²) >= 11 is 2.21. The normalized spacial score (nSPS) is 12.5. The third kappa shape index (κ3) is 2.43. The number of imidazole rings is 1. The Bertz CT molecular complexity index is 296. The van der Waals surface area contributed by atoms with E-state index in [1.54, 1.807) is 6.92 Å². The highest BCUT2D eigenvalue weighted by Crippen LogP contribution is 2.23. The number of hydrogen-bond donors (Lipinski definition) is 1. The third-order valence-corrected chi connectivity index (χ3v) is 2.16. The monoisotopic (exact) mass is 294 g/mol. The average Bonchev–Trinajstić information content (AvgIpc) is 2.52. The summed E-state index contributed by atoms with van der Waals surface area (Å²) in [6.45, 7) is 4.13. The molecule has 0 bridgehead atoms. The summed E-state index contributed by atoms with van der Waals surface area (Å²) in [7, 11) is 0. The molecule has 0 fully saturated rings. The Labute approximate surface area is 90.2 Å². The zero-order valence-corrected chi connectivity index (χ0v) is 9.66. The Balaban J connectivity index is 2.87. The molecule has 1 rings (SSSR count). The van der Waals surface area contributed by atoms with Crippen LogP contribution in [0.2, 0.25) is 0 Å². The number of carbonyl (C=O) groups excluding carboxylic acids is 1. The van der Waals surface area contributed by atoms with Crippen LogP contribution in [-0.2, 0) is 4.74 Å². The van der Waals surface area contributed by atoms with Gasteiger partial charge in [-0.1, -0.05) is 22.6 Å². The molecule has 0 radical (unpaired) electrons. The van der Waals surface area contributed by atoms with Crippen molar-refractivity contribution in [1.29, 1.82) is 0 Å². The van der Waals surface area contributed by atoms with Crippen LogP contribution in [0.5, 0.6) is 0 Å². The maximum Gasteiger partial charge on any atom is 0.358 e. The van der Waals surface area contributed by atoms with Crippen LogP contribution in [0.1, 0.15) is 34.0 Å². The molecule has 0 aromatic carbocycles. The molecule has 5 heteroatoms. The van der Waals surface area contributed by atoms with E-state index in [4.69, 9.17) is 4.74 Å². The molecule has 0 aliphatic heterocycles. The number of rotatable bonds is 3. The highest BCUT2D eigenvalue weighted by atomic mass is 127. The number of esters is 1. The fourth-order valence-corrected chi connectivity index (χ4v) is 1.44. The summed E-state index contributed by atoms with van der Waals surface area (Å²) in [5.74, 6) is -0.359. The minimum atomic E-state index is -0.359. The van der Waals surface area contributed by atoms with Gasteiger partial charge in [-0.05, 0) is 13.8 Å². The van der Waals surface area contributed by atoms with Crippen molar-refractivity contribution in [1.82, 2.24) is 9.97 Å². The topological polar surface area (TPSA) is 55.0 Å². The van der Waals surface area contributed by atoms with Crippen LogP contribution < -0.4 is 0 Å². The highest BCUT2D eigenvalue weighted by molar-refractivity contribution is 14.1. The fraction of sp³-hybridized carbons (Fsp3) is 0.500. The standard InChI is InChI=1S/C8H11IN2O2/c1-3-13-8(12)7-6(5(2)9)10-4-11-7/h4-5H,3H2,1-2H3,(H,10,11). The Hall–Kier alpha value is -0.590. The SMILES string of the molecule is CCOC(=O)c1nc[nH]c1C(C)I. The van der Waals surface area contributed by atoms with Crippen molar-refractivity contribution in [2.45, 2.75) is 17.8 Å². The number of ether oxygens (including phenoxy) is 1. The maximum atomic E-state index is 11.3. The average molecular weight is 294 g/mol. The van der Waals surface area contributed by atoms with Gasteiger partial charge >= 0.3 is 5.97 Å². The number of carbonyl (C=O) groups is 1. The zero-order valence-electron chi connectivity index (χ0n) is 7.50. The summed E-state index contributed by atoms with van der Waals surface area (Å²) in [4.78, 5) is 18.2. The van der Waals surface area contributed by atoms with Gasteiger partial charge < -0.3 is 9.72 Å². The Morgan fingerprint density at radius 2 is 2.54 bits per heavy atom. The molecule has 0 saturated carbocycles. The lowest BCUT2D eigenvalue weighted by Gasteiger charge is -2.03. The van der Waals surface area contributed by atoms with E-state index in [1.165, 1.54) is 6.33 Å². The number of halogens is 1. The van der Waals surface area contributed by atoms with Crippen molar-refractivity contribution in [3.8, 4) is 0 Å². The number of H-pyrrole nitrogens is 1. The predicted octanol–water partition coefficient (Wildman–Crippen LogP) is 2.08. The van der Waals surface area contributed by atoms with Crippen LogP contribution in [0.4, 0.5) is 0 Å². The van der Waals surface area contributed by atoms with E-state index in [9.17, 15) is 4.79 Å². The molecule has 0 spiro atoms. The first-order valence-electron chi connectivity index (χ1n) is 4.01. The second-order valence-electron chi connectivity index (χ2n) is 2.50. The van der Waals surface area contributed by atoms with Gasteiger partial charge in [0, 0.05) is 0 Å². The zero-order chi connectivity index (χ0) is 9.84. The summed E-state index contributed by atoms with van der Waals surface area (Å²) in [6.07, 6.45) is 1.51. The molecule has 4 nitrogen and oxygen atoms in total. The van der Waals surface area contributed by atoms with Crippen molar-refractivity contribution in [3.63, 3.8) is 0 Å². The van der Waals surface area contributed by atoms with Gasteiger partial charge in [0.15, 0.2) is 5.69 Å². The molecule has 1 aromatic heterocycles. The van der Waals surface area contributed by atoms with E-state index < -0.39 is 0 Å². The van der Waals surface area contributed by atoms with Crippen molar-refractivity contribution in [3.05, 3.63) is 17.7 Å². The van der Waals surface area contributed by atoms with Gasteiger partial charge in [0.1, 0.15) is 0 Å². The van der Waals surface area contributed by atoms with Crippen molar-refractivity contribution < 1.29 is 9.53 Å². The van der Waals surface area contributed by atoms with E-state index in [1.807, 2.05) is 6.92 Å². The Kier molecular flexibility index (Phi) is 3.71. The van der Waals surface area contributed by atoms with E-state index in [-0.39, 0.29) is 9.89 Å². The summed E-state index contributed by atoms with van der Waals surface area (Å²) < 4.78 is 5.07. The molecule has 1 unspecified atom stereocenters. The lowest BCUT2D eigenvalue weighted by molar-refractivity contribution is 0.0519. The molecule has 0 amide bonds. The molecule has 72 valence electrons. The number of aromatic nitrogens is 2. The number of nitrogens with zero attached hydrogens (tertiary/aromatic N) is 1. The van der Waals surface area contributed by atoms with Crippen LogP contribution in [0.25, 0.3) is 0 Å². The lowest BCUT2D eigenvalue weighted by Crippen LogP contribution is -2.08. The number of alkyl halides is 1. The van der Waals surface area contributed by atoms with Crippen LogP contribution in [0.15, 0.2) is 6.33 Å². The van der Waals surface area contributed by atoms with E-state index in [2.05, 4.69) is 32.6 Å². The van der Waals surface area contributed by atoms with E-state index in [0.717, 1.165) is 5.69 Å². The molecule has 1 atom stereocenters. The highest BCUT2D eigenvalue weighted by Gasteiger charge is 2.18. The first kappa shape index (κ1) is 10.5. The molecule has 1 N–H and O–H groups in total. The minimum absolute atomic E-state index is 0.222. The second-order valence-corrected chi connectivity index (χ2v) is 4.37. The minimum Gasteiger partial charge on any atom is -0.461 e. The maximum absolute atomic E-state index is 11.3. The van der Waals surface area contributed by atoms with Crippen molar-refractivity contribution in [2.24, 2.45) is 0 Å². The Morgan fingerprint density at radius 1 is 1.85 bits per heavy atom. The molecule has 13 heavy (non-hydrogen) atoms. The largest absolute Gasteiger partial charge is 0.461 e. The lowest BCUT2D eigenvalue weighted by atomic mass is 10.3. The Morgan fingerprint density at radius 3 is 3.08 bits per heavy atom. The summed E-state index contributed by atoms with van der Waals surface area (Å²) in [5, 5.41) is 0. The molecule has 0 aliphatic rings. The summed E-state index contributed by atoms with van der Waals surface area (Å²) in [5.41, 5.74) is 1.21. The molecule has 1 aromatic rings. The van der Waals surface area contributed by atoms with E-state index >= 15 is 0 Å². The quantitative estimate of drug-likeness (QED) is 0.527. The van der Waals surface area contributed by atoms with Crippen molar-refractivity contribution >= 4 is 28.6 Å². The van der Waals surface area contributed by atoms with Gasteiger partial charge in [-0.3, -0.25) is 0 Å². The third-order valence-electron chi connectivity index (χ3n) is 1.54. The van der Waals surface area contributed by atoms with Gasteiger partial charge in [0.25, 0.3) is 0 Å².